The van der Waals surface area contributed by atoms with Crippen LogP contribution in [0.3, 0.4) is 0 Å². The molecule has 1 unspecified atom stereocenters. The number of carboxylic acids is 1. The van der Waals surface area contributed by atoms with Gasteiger partial charge in [0.2, 0.25) is 10.0 Å². The summed E-state index contributed by atoms with van der Waals surface area (Å²) >= 11 is 0. The monoisotopic (exact) mass is 370 g/mol. The molecule has 0 aliphatic carbocycles. The van der Waals surface area contributed by atoms with Crippen LogP contribution in [-0.4, -0.2) is 26.0 Å². The van der Waals surface area contributed by atoms with Gasteiger partial charge in [0.05, 0.1) is 11.3 Å². The second-order valence-electron chi connectivity index (χ2n) is 4.79. The number of para-hydroxylation sites is 1. The zero-order chi connectivity index (χ0) is 23.6. The van der Waals surface area contributed by atoms with Crippen LogP contribution in [0.1, 0.15) is 38.2 Å². The Hall–Kier alpha value is -2.58. The minimum Gasteiger partial charge on any atom is -0.478 e. The zero-order valence-corrected chi connectivity index (χ0v) is 13.7. The first-order valence-electron chi connectivity index (χ1n) is 10.0. The Morgan fingerprint density at radius 2 is 2.08 bits per heavy atom. The molecule has 25 heavy (non-hydrogen) atoms. The highest BCUT2D eigenvalue weighted by atomic mass is 32.2. The minimum atomic E-state index is -4.51. The predicted octanol–water partition coefficient (Wildman–Crippen LogP) is 3.04. The standard InChI is InChI=1S/C17H20N2O5S/c1-2-3-9-19-14-10-12(17(20)21)11-15(25(18,22)23)16(14)24-13-7-5-4-6-8-13/h4-8,10-11,19H,2-3,9H2,1H3,(H,20,21)(H2,18,22,23)/i1D3,3D2,9D. The summed E-state index contributed by atoms with van der Waals surface area (Å²) < 4.78 is 75.4. The van der Waals surface area contributed by atoms with Crippen LogP contribution in [0.4, 0.5) is 5.69 Å². The summed E-state index contributed by atoms with van der Waals surface area (Å²) in [5.74, 6) is -1.81. The lowest BCUT2D eigenvalue weighted by atomic mass is 10.1. The summed E-state index contributed by atoms with van der Waals surface area (Å²) in [5.41, 5.74) is -0.877. The number of carboxylic acid groups (broad SMARTS) is 1. The lowest BCUT2D eigenvalue weighted by Crippen LogP contribution is -2.16. The van der Waals surface area contributed by atoms with E-state index in [1.54, 1.807) is 18.2 Å². The van der Waals surface area contributed by atoms with Crippen molar-refractivity contribution in [2.75, 3.05) is 11.8 Å². The van der Waals surface area contributed by atoms with Gasteiger partial charge in [-0.05, 0) is 30.6 Å². The van der Waals surface area contributed by atoms with E-state index in [4.69, 9.17) is 18.1 Å². The Kier molecular flexibility index (Phi) is 3.80. The number of primary sulfonamides is 1. The SMILES string of the molecule is [2H]C(Nc1cc(C(=O)O)cc(S(N)(=O)=O)c1Oc1ccccc1)C([2H])([2H])CC([2H])([2H])[2H]. The van der Waals surface area contributed by atoms with Crippen LogP contribution in [0.25, 0.3) is 0 Å². The molecule has 0 heterocycles. The molecule has 0 saturated carbocycles. The van der Waals surface area contributed by atoms with Crippen molar-refractivity contribution in [3.63, 3.8) is 0 Å². The van der Waals surface area contributed by atoms with Gasteiger partial charge in [0.15, 0.2) is 5.75 Å². The lowest BCUT2D eigenvalue weighted by molar-refractivity contribution is 0.0696. The number of carbonyl (C=O) groups is 1. The molecule has 2 aromatic rings. The molecule has 0 saturated heterocycles. The van der Waals surface area contributed by atoms with E-state index in [1.165, 1.54) is 12.1 Å². The van der Waals surface area contributed by atoms with Crippen LogP contribution < -0.4 is 15.2 Å². The first-order chi connectivity index (χ1) is 14.1. The maximum atomic E-state index is 12.1. The van der Waals surface area contributed by atoms with Gasteiger partial charge < -0.3 is 15.2 Å². The van der Waals surface area contributed by atoms with E-state index in [2.05, 4.69) is 5.32 Å². The second-order valence-corrected chi connectivity index (χ2v) is 6.32. The van der Waals surface area contributed by atoms with Crippen molar-refractivity contribution >= 4 is 21.7 Å². The molecule has 0 spiro atoms. The molecule has 8 heteroatoms. The average molecular weight is 370 g/mol. The van der Waals surface area contributed by atoms with Gasteiger partial charge in [-0.3, -0.25) is 0 Å². The molecule has 7 nitrogen and oxygen atoms in total. The highest BCUT2D eigenvalue weighted by Gasteiger charge is 2.23. The summed E-state index contributed by atoms with van der Waals surface area (Å²) in [7, 11) is -4.51. The fourth-order valence-corrected chi connectivity index (χ4v) is 2.64. The van der Waals surface area contributed by atoms with Gasteiger partial charge in [-0.2, -0.15) is 0 Å². The molecular formula is C17H20N2O5S. The fraction of sp³-hybridized carbons (Fsp3) is 0.235. The van der Waals surface area contributed by atoms with Crippen molar-refractivity contribution in [2.45, 2.75) is 24.5 Å². The number of nitrogens with one attached hydrogen (secondary N) is 1. The van der Waals surface area contributed by atoms with Crippen LogP contribution in [0.15, 0.2) is 47.4 Å². The smallest absolute Gasteiger partial charge is 0.335 e. The van der Waals surface area contributed by atoms with Crippen LogP contribution in [0.2, 0.25) is 0 Å². The largest absolute Gasteiger partial charge is 0.478 e. The predicted molar refractivity (Wildman–Crippen MR) is 94.7 cm³/mol. The molecule has 2 aromatic carbocycles. The number of rotatable bonds is 8. The Morgan fingerprint density at radius 1 is 1.36 bits per heavy atom. The van der Waals surface area contributed by atoms with Crippen molar-refractivity contribution in [1.82, 2.24) is 0 Å². The van der Waals surface area contributed by atoms with E-state index < -0.39 is 58.4 Å². The van der Waals surface area contributed by atoms with Crippen molar-refractivity contribution < 1.29 is 31.3 Å². The Balaban J connectivity index is 2.62. The molecule has 0 aromatic heterocycles. The molecule has 0 aliphatic heterocycles. The van der Waals surface area contributed by atoms with Crippen molar-refractivity contribution in [1.29, 1.82) is 0 Å². The molecule has 1 atom stereocenters. The quantitative estimate of drug-likeness (QED) is 0.657. The van der Waals surface area contributed by atoms with E-state index in [0.717, 1.165) is 12.1 Å². The van der Waals surface area contributed by atoms with E-state index >= 15 is 0 Å². The number of sulfonamides is 1. The molecule has 0 fully saturated rings. The molecule has 4 N–H and O–H groups in total. The van der Waals surface area contributed by atoms with Gasteiger partial charge in [0, 0.05) is 14.7 Å². The van der Waals surface area contributed by atoms with Gasteiger partial charge in [0.1, 0.15) is 10.6 Å². The summed E-state index contributed by atoms with van der Waals surface area (Å²) in [6, 6.07) is 9.53. The Bertz CT molecular complexity index is 1060. The molecule has 0 amide bonds. The maximum Gasteiger partial charge on any atom is 0.335 e. The topological polar surface area (TPSA) is 119 Å². The van der Waals surface area contributed by atoms with Crippen molar-refractivity contribution in [2.24, 2.45) is 5.14 Å². The molecule has 134 valence electrons. The van der Waals surface area contributed by atoms with Gasteiger partial charge in [0.25, 0.3) is 0 Å². The fourth-order valence-electron chi connectivity index (χ4n) is 1.94. The van der Waals surface area contributed by atoms with E-state index in [-0.39, 0.29) is 11.4 Å². The van der Waals surface area contributed by atoms with Gasteiger partial charge in [-0.1, -0.05) is 31.5 Å². The molecule has 0 radical (unpaired) electrons. The highest BCUT2D eigenvalue weighted by Crippen LogP contribution is 2.37. The number of ether oxygens (including phenoxy) is 1. The highest BCUT2D eigenvalue weighted by molar-refractivity contribution is 7.89. The summed E-state index contributed by atoms with van der Waals surface area (Å²) in [4.78, 5) is 10.8. The number of benzene rings is 2. The number of nitrogens with two attached hydrogens (primary N) is 1. The minimum absolute atomic E-state index is 0.158. The second kappa shape index (κ2) is 8.00. The molecular weight excluding hydrogens is 344 g/mol. The molecule has 2 rings (SSSR count). The first kappa shape index (κ1) is 11.9. The number of hydrogen-bond acceptors (Lipinski definition) is 5. The average Bonchev–Trinajstić information content (AvgIpc) is 2.60. The molecule has 0 aliphatic rings. The van der Waals surface area contributed by atoms with Crippen LogP contribution in [-0.2, 0) is 10.0 Å². The number of anilines is 1. The van der Waals surface area contributed by atoms with Crippen molar-refractivity contribution in [3.05, 3.63) is 48.0 Å². The Morgan fingerprint density at radius 3 is 2.68 bits per heavy atom. The van der Waals surface area contributed by atoms with E-state index in [0.29, 0.717) is 0 Å². The number of hydrogen-bond donors (Lipinski definition) is 3. The van der Waals surface area contributed by atoms with Gasteiger partial charge in [-0.15, -0.1) is 0 Å². The summed E-state index contributed by atoms with van der Waals surface area (Å²) in [6.45, 7) is -4.59. The van der Waals surface area contributed by atoms with Crippen molar-refractivity contribution in [3.8, 4) is 11.5 Å². The van der Waals surface area contributed by atoms with E-state index in [9.17, 15) is 18.3 Å². The maximum absolute atomic E-state index is 12.1. The summed E-state index contributed by atoms with van der Waals surface area (Å²) in [5, 5.41) is 16.9. The number of aromatic carboxylic acids is 1. The van der Waals surface area contributed by atoms with E-state index in [1.807, 2.05) is 0 Å². The molecule has 0 bridgehead atoms. The van der Waals surface area contributed by atoms with Gasteiger partial charge in [-0.25, -0.2) is 18.4 Å². The Labute approximate surface area is 154 Å². The third-order valence-corrected chi connectivity index (χ3v) is 3.92. The van der Waals surface area contributed by atoms with Crippen LogP contribution in [0.5, 0.6) is 11.5 Å². The lowest BCUT2D eigenvalue weighted by Gasteiger charge is -2.17. The van der Waals surface area contributed by atoms with Gasteiger partial charge >= 0.3 is 5.97 Å². The van der Waals surface area contributed by atoms with Crippen LogP contribution >= 0.6 is 0 Å². The third-order valence-electron chi connectivity index (χ3n) is 3.00. The first-order valence-corrected chi connectivity index (χ1v) is 8.51. The van der Waals surface area contributed by atoms with Crippen LogP contribution in [0, 0.1) is 0 Å². The third kappa shape index (κ3) is 4.94. The normalized spacial score (nSPS) is 17.0. The summed E-state index contributed by atoms with van der Waals surface area (Å²) in [6.07, 6.45) is -3.56. The zero-order valence-electron chi connectivity index (χ0n) is 18.9.